The van der Waals surface area contributed by atoms with Crippen molar-refractivity contribution in [1.29, 1.82) is 0 Å². The number of amides is 4. The highest BCUT2D eigenvalue weighted by Gasteiger charge is 2.66. The first kappa shape index (κ1) is 34.8. The predicted octanol–water partition coefficient (Wildman–Crippen LogP) is 4.44. The number of nitrogens with zero attached hydrogens (tertiary/aromatic N) is 4. The maximum atomic E-state index is 15.0. The van der Waals surface area contributed by atoms with E-state index in [0.717, 1.165) is 49.8 Å². The Morgan fingerprint density at radius 2 is 1.54 bits per heavy atom. The summed E-state index contributed by atoms with van der Waals surface area (Å²) in [5.41, 5.74) is 1.91. The summed E-state index contributed by atoms with van der Waals surface area (Å²) in [6.07, 6.45) is 5.51. The Kier molecular flexibility index (Phi) is 9.42. The van der Waals surface area contributed by atoms with Gasteiger partial charge in [-0.3, -0.25) is 19.2 Å². The lowest BCUT2D eigenvalue weighted by Gasteiger charge is -2.33. The molecule has 4 fully saturated rings. The zero-order valence-electron chi connectivity index (χ0n) is 29.5. The van der Waals surface area contributed by atoms with Crippen molar-refractivity contribution in [3.63, 3.8) is 0 Å². The zero-order valence-corrected chi connectivity index (χ0v) is 30.5. The molecule has 2 aromatic rings. The molecule has 50 heavy (non-hydrogen) atoms. The molecule has 11 nitrogen and oxygen atoms in total. The van der Waals surface area contributed by atoms with Gasteiger partial charge in [0.15, 0.2) is 13.9 Å². The molecule has 0 aliphatic carbocycles. The van der Waals surface area contributed by atoms with Gasteiger partial charge in [0.2, 0.25) is 17.7 Å². The molecule has 0 bridgehead atoms. The molecule has 5 atom stereocenters. The van der Waals surface area contributed by atoms with Gasteiger partial charge in [-0.1, -0.05) is 19.1 Å². The van der Waals surface area contributed by atoms with Crippen LogP contribution in [0.2, 0.25) is 18.6 Å². The molecular formula is C38H50N4O7Si. The van der Waals surface area contributed by atoms with Crippen LogP contribution in [0.3, 0.4) is 0 Å². The molecule has 0 unspecified atom stereocenters. The van der Waals surface area contributed by atoms with E-state index >= 15 is 4.79 Å². The molecule has 0 saturated carbocycles. The minimum atomic E-state index is -3.02. The fourth-order valence-electron chi connectivity index (χ4n) is 9.36. The SMILES string of the molecule is C[C@H]1[C@H]([Si](C)(C)O)[C@@H](CC(=O)N2CCC[C@H]2CO)O[C@]12C(=O)N(Cc1ccc(N3CCCCC3=O)cc1)c1ccc(N3CCCCC3=O)cc12. The van der Waals surface area contributed by atoms with Gasteiger partial charge in [-0.05, 0) is 87.5 Å². The van der Waals surface area contributed by atoms with Gasteiger partial charge in [-0.15, -0.1) is 0 Å². The largest absolute Gasteiger partial charge is 0.432 e. The number of carbonyl (C=O) groups excluding carboxylic acids is 4. The number of piperidine rings is 2. The van der Waals surface area contributed by atoms with Crippen molar-refractivity contribution in [1.82, 2.24) is 4.90 Å². The number of aliphatic hydroxyl groups excluding tert-OH is 1. The Bertz CT molecular complexity index is 1660. The van der Waals surface area contributed by atoms with E-state index in [1.807, 2.05) is 67.4 Å². The number of carbonyl (C=O) groups is 4. The third-order valence-corrected chi connectivity index (χ3v) is 14.3. The zero-order chi connectivity index (χ0) is 35.4. The highest BCUT2D eigenvalue weighted by atomic mass is 28.4. The van der Waals surface area contributed by atoms with E-state index in [1.54, 1.807) is 14.7 Å². The molecule has 12 heteroatoms. The van der Waals surface area contributed by atoms with Crippen molar-refractivity contribution in [3.05, 3.63) is 53.6 Å². The van der Waals surface area contributed by atoms with Crippen LogP contribution < -0.4 is 14.7 Å². The summed E-state index contributed by atoms with van der Waals surface area (Å²) in [6, 6.07) is 13.3. The van der Waals surface area contributed by atoms with Crippen LogP contribution in [0.4, 0.5) is 17.1 Å². The van der Waals surface area contributed by atoms with E-state index in [1.165, 1.54) is 0 Å². The van der Waals surface area contributed by atoms with Crippen LogP contribution in [0.25, 0.3) is 0 Å². The van der Waals surface area contributed by atoms with Crippen LogP contribution in [0, 0.1) is 5.92 Å². The number of fused-ring (bicyclic) bond motifs is 2. The van der Waals surface area contributed by atoms with Crippen molar-refractivity contribution in [2.75, 3.05) is 40.9 Å². The first-order chi connectivity index (χ1) is 23.9. The average molecular weight is 703 g/mol. The Morgan fingerprint density at radius 3 is 2.16 bits per heavy atom. The minimum absolute atomic E-state index is 0.00778. The molecule has 0 radical (unpaired) electrons. The van der Waals surface area contributed by atoms with E-state index < -0.39 is 31.5 Å². The van der Waals surface area contributed by atoms with E-state index in [0.29, 0.717) is 49.4 Å². The third-order valence-electron chi connectivity index (χ3n) is 11.8. The summed E-state index contributed by atoms with van der Waals surface area (Å²) in [7, 11) is -3.02. The second-order valence-corrected chi connectivity index (χ2v) is 19.4. The second kappa shape index (κ2) is 13.5. The van der Waals surface area contributed by atoms with Crippen LogP contribution in [-0.2, 0) is 36.1 Å². The number of likely N-dealkylation sites (tertiary alicyclic amines) is 1. The number of hydrogen-bond acceptors (Lipinski definition) is 7. The predicted molar refractivity (Wildman–Crippen MR) is 192 cm³/mol. The fourth-order valence-corrected chi connectivity index (χ4v) is 11.9. The summed E-state index contributed by atoms with van der Waals surface area (Å²) < 4.78 is 6.97. The Hall–Kier alpha value is -3.58. The highest BCUT2D eigenvalue weighted by molar-refractivity contribution is 6.71. The van der Waals surface area contributed by atoms with E-state index in [4.69, 9.17) is 4.74 Å². The Morgan fingerprint density at radius 1 is 0.900 bits per heavy atom. The van der Waals surface area contributed by atoms with Crippen LogP contribution in [0.1, 0.15) is 75.8 Å². The van der Waals surface area contributed by atoms with Crippen LogP contribution in [0.15, 0.2) is 42.5 Å². The maximum absolute atomic E-state index is 15.0. The molecule has 5 heterocycles. The summed E-state index contributed by atoms with van der Waals surface area (Å²) in [6.45, 7) is 7.67. The fraction of sp³-hybridized carbons (Fsp3) is 0.579. The molecule has 5 aliphatic heterocycles. The molecule has 2 N–H and O–H groups in total. The summed E-state index contributed by atoms with van der Waals surface area (Å²) >= 11 is 0. The number of benzene rings is 2. The first-order valence-electron chi connectivity index (χ1n) is 18.4. The third kappa shape index (κ3) is 5.97. The van der Waals surface area contributed by atoms with E-state index in [2.05, 4.69) is 0 Å². The number of anilines is 3. The van der Waals surface area contributed by atoms with Gasteiger partial charge in [0.05, 0.1) is 37.4 Å². The normalized spacial score (nSPS) is 28.7. The molecule has 1 spiro atoms. The van der Waals surface area contributed by atoms with E-state index in [-0.39, 0.29) is 49.2 Å². The van der Waals surface area contributed by atoms with Gasteiger partial charge in [-0.25, -0.2) is 0 Å². The lowest BCUT2D eigenvalue weighted by Crippen LogP contribution is -2.46. The van der Waals surface area contributed by atoms with Gasteiger partial charge in [0, 0.05) is 60.9 Å². The molecule has 268 valence electrons. The Balaban J connectivity index is 1.26. The second-order valence-electron chi connectivity index (χ2n) is 15.4. The molecule has 7 rings (SSSR count). The molecule has 0 aromatic heterocycles. The van der Waals surface area contributed by atoms with Gasteiger partial charge >= 0.3 is 0 Å². The molecule has 5 aliphatic rings. The molecule has 2 aromatic carbocycles. The van der Waals surface area contributed by atoms with Gasteiger partial charge < -0.3 is 34.2 Å². The molecular weight excluding hydrogens is 653 g/mol. The molecule has 4 amide bonds. The number of rotatable bonds is 8. The number of aliphatic hydroxyl groups is 1. The quantitative estimate of drug-likeness (QED) is 0.389. The lowest BCUT2D eigenvalue weighted by molar-refractivity contribution is -0.150. The summed E-state index contributed by atoms with van der Waals surface area (Å²) in [4.78, 5) is 73.2. The van der Waals surface area contributed by atoms with Crippen molar-refractivity contribution in [3.8, 4) is 0 Å². The van der Waals surface area contributed by atoms with Gasteiger partial charge in [0.25, 0.3) is 5.91 Å². The maximum Gasteiger partial charge on any atom is 0.264 e. The number of hydrogen-bond donors (Lipinski definition) is 2. The molecule has 4 saturated heterocycles. The summed E-state index contributed by atoms with van der Waals surface area (Å²) in [5, 5.41) is 9.92. The minimum Gasteiger partial charge on any atom is -0.432 e. The van der Waals surface area contributed by atoms with Crippen molar-refractivity contribution >= 4 is 49.0 Å². The van der Waals surface area contributed by atoms with Crippen LogP contribution in [-0.4, -0.2) is 85.1 Å². The van der Waals surface area contributed by atoms with Crippen molar-refractivity contribution < 1.29 is 33.8 Å². The smallest absolute Gasteiger partial charge is 0.264 e. The topological polar surface area (TPSA) is 131 Å². The lowest BCUT2D eigenvalue weighted by atomic mass is 9.82. The average Bonchev–Trinajstić information content (AvgIpc) is 3.76. The van der Waals surface area contributed by atoms with Crippen molar-refractivity contribution in [2.24, 2.45) is 5.92 Å². The highest BCUT2D eigenvalue weighted by Crippen LogP contribution is 2.60. The Labute approximate surface area is 295 Å². The van der Waals surface area contributed by atoms with Crippen LogP contribution >= 0.6 is 0 Å². The van der Waals surface area contributed by atoms with Crippen molar-refractivity contribution in [2.45, 2.75) is 108 Å². The monoisotopic (exact) mass is 702 g/mol. The van der Waals surface area contributed by atoms with Gasteiger partial charge in [0.1, 0.15) is 0 Å². The number of ether oxygens (including phenoxy) is 1. The van der Waals surface area contributed by atoms with Crippen LogP contribution in [0.5, 0.6) is 0 Å². The summed E-state index contributed by atoms with van der Waals surface area (Å²) in [5.74, 6) is -0.672. The standard InChI is InChI=1S/C38H50N4O7Si/c1-25-36(50(2,3)48)32(22-35(46)41-20-8-9-29(41)24-43)49-38(25)30-21-28(40-19-7-5-11-34(40)45)16-17-31(30)42(37(38)47)23-26-12-14-27(15-13-26)39-18-6-4-10-33(39)44/h12-17,21,25,29,32,36,43,48H,4-11,18-20,22-24H2,1-3H3/t25-,29-,32+,36-,38+/m0/s1. The van der Waals surface area contributed by atoms with Gasteiger partial charge in [-0.2, -0.15) is 0 Å². The first-order valence-corrected chi connectivity index (χ1v) is 21.4. The van der Waals surface area contributed by atoms with E-state index in [9.17, 15) is 24.3 Å².